The van der Waals surface area contributed by atoms with E-state index >= 15 is 0 Å². The van der Waals surface area contributed by atoms with Gasteiger partial charge in [0.05, 0.1) is 12.3 Å². The van der Waals surface area contributed by atoms with E-state index in [0.717, 1.165) is 16.3 Å². The first-order valence-corrected chi connectivity index (χ1v) is 7.20. The Labute approximate surface area is 139 Å². The third-order valence-electron chi connectivity index (χ3n) is 2.67. The minimum Gasteiger partial charge on any atom is -0.484 e. The molecule has 0 aliphatic rings. The molecule has 0 aliphatic heterocycles. The van der Waals surface area contributed by atoms with Gasteiger partial charge < -0.3 is 9.15 Å². The number of nitrogens with one attached hydrogen (secondary N) is 1. The summed E-state index contributed by atoms with van der Waals surface area (Å²) in [5.74, 6) is -0.150. The van der Waals surface area contributed by atoms with E-state index in [1.807, 2.05) is 13.0 Å². The van der Waals surface area contributed by atoms with E-state index in [9.17, 15) is 14.9 Å². The fraction of sp³-hybridized carbons (Fsp3) is 0.143. The number of carbonyl (C=O) groups is 1. The van der Waals surface area contributed by atoms with Crippen LogP contribution in [0.5, 0.6) is 5.75 Å². The standard InChI is InChI=1S/C14H12BrN3O5/c1-9-6-10(2-4-12(9)15)22-8-13(19)17-16-7-11-3-5-14(23-11)18(20)21/h2-7H,8H2,1H3,(H,17,19)/b16-7+. The van der Waals surface area contributed by atoms with E-state index in [1.54, 1.807) is 12.1 Å². The molecule has 1 N–H and O–H groups in total. The minimum atomic E-state index is -0.663. The lowest BCUT2D eigenvalue weighted by Gasteiger charge is -2.06. The molecule has 0 aliphatic carbocycles. The molecule has 9 heteroatoms. The number of halogens is 1. The van der Waals surface area contributed by atoms with E-state index in [-0.39, 0.29) is 12.4 Å². The molecule has 8 nitrogen and oxygen atoms in total. The van der Waals surface area contributed by atoms with Gasteiger partial charge in [0.2, 0.25) is 0 Å². The van der Waals surface area contributed by atoms with E-state index < -0.39 is 16.7 Å². The number of nitrogens with zero attached hydrogens (tertiary/aromatic N) is 2. The lowest BCUT2D eigenvalue weighted by atomic mass is 10.2. The van der Waals surface area contributed by atoms with Crippen molar-refractivity contribution in [1.29, 1.82) is 0 Å². The molecule has 1 aromatic carbocycles. The summed E-state index contributed by atoms with van der Waals surface area (Å²) in [5.41, 5.74) is 3.22. The zero-order chi connectivity index (χ0) is 16.8. The summed E-state index contributed by atoms with van der Waals surface area (Å²) in [5, 5.41) is 14.1. The number of rotatable bonds is 6. The van der Waals surface area contributed by atoms with E-state index in [2.05, 4.69) is 26.5 Å². The van der Waals surface area contributed by atoms with Gasteiger partial charge in [-0.05, 0) is 36.8 Å². The van der Waals surface area contributed by atoms with Crippen molar-refractivity contribution in [3.63, 3.8) is 0 Å². The molecule has 2 rings (SSSR count). The molecule has 0 bridgehead atoms. The van der Waals surface area contributed by atoms with Crippen LogP contribution in [0.4, 0.5) is 5.88 Å². The van der Waals surface area contributed by atoms with Crippen LogP contribution in [0.2, 0.25) is 0 Å². The highest BCUT2D eigenvalue weighted by Crippen LogP contribution is 2.21. The summed E-state index contributed by atoms with van der Waals surface area (Å²) in [6, 6.07) is 7.92. The molecule has 0 spiro atoms. The number of amides is 1. The third kappa shape index (κ3) is 4.92. The molecule has 0 unspecified atom stereocenters. The number of carbonyl (C=O) groups excluding carboxylic acids is 1. The molecule has 2 aromatic rings. The second kappa shape index (κ2) is 7.54. The Hall–Kier alpha value is -2.68. The topological polar surface area (TPSA) is 107 Å². The van der Waals surface area contributed by atoms with Crippen LogP contribution in [0, 0.1) is 17.0 Å². The Morgan fingerprint density at radius 3 is 2.91 bits per heavy atom. The van der Waals surface area contributed by atoms with Crippen molar-refractivity contribution in [2.75, 3.05) is 6.61 Å². The average molecular weight is 382 g/mol. The van der Waals surface area contributed by atoms with Gasteiger partial charge in [-0.2, -0.15) is 5.10 Å². The first-order valence-electron chi connectivity index (χ1n) is 6.41. The van der Waals surface area contributed by atoms with Crippen LogP contribution in [0.1, 0.15) is 11.3 Å². The van der Waals surface area contributed by atoms with Gasteiger partial charge in [0.25, 0.3) is 5.91 Å². The molecule has 0 saturated heterocycles. The maximum atomic E-state index is 11.6. The van der Waals surface area contributed by atoms with Crippen molar-refractivity contribution >= 4 is 33.9 Å². The van der Waals surface area contributed by atoms with Crippen molar-refractivity contribution in [1.82, 2.24) is 5.43 Å². The average Bonchev–Trinajstić information content (AvgIpc) is 2.97. The molecule has 1 heterocycles. The molecular weight excluding hydrogens is 370 g/mol. The van der Waals surface area contributed by atoms with Gasteiger partial charge >= 0.3 is 5.88 Å². The van der Waals surface area contributed by atoms with Crippen LogP contribution in [-0.2, 0) is 4.79 Å². The van der Waals surface area contributed by atoms with Gasteiger partial charge in [-0.25, -0.2) is 5.43 Å². The highest BCUT2D eigenvalue weighted by molar-refractivity contribution is 9.10. The Morgan fingerprint density at radius 1 is 1.48 bits per heavy atom. The molecule has 1 amide bonds. The second-order valence-electron chi connectivity index (χ2n) is 4.43. The van der Waals surface area contributed by atoms with Crippen molar-refractivity contribution in [3.05, 3.63) is 56.2 Å². The van der Waals surface area contributed by atoms with Crippen molar-refractivity contribution in [2.45, 2.75) is 6.92 Å². The van der Waals surface area contributed by atoms with Gasteiger partial charge in [-0.1, -0.05) is 15.9 Å². The van der Waals surface area contributed by atoms with Gasteiger partial charge in [-0.3, -0.25) is 14.9 Å². The predicted molar refractivity (Wildman–Crippen MR) is 85.5 cm³/mol. The highest BCUT2D eigenvalue weighted by atomic mass is 79.9. The summed E-state index contributed by atoms with van der Waals surface area (Å²) in [4.78, 5) is 21.4. The fourth-order valence-electron chi connectivity index (χ4n) is 1.57. The summed E-state index contributed by atoms with van der Waals surface area (Å²) in [6.07, 6.45) is 1.16. The summed E-state index contributed by atoms with van der Waals surface area (Å²) >= 11 is 3.37. The Balaban J connectivity index is 1.81. The van der Waals surface area contributed by atoms with Crippen LogP contribution in [-0.4, -0.2) is 23.7 Å². The van der Waals surface area contributed by atoms with E-state index in [4.69, 9.17) is 9.15 Å². The largest absolute Gasteiger partial charge is 0.484 e. The van der Waals surface area contributed by atoms with Crippen molar-refractivity contribution in [3.8, 4) is 5.75 Å². The SMILES string of the molecule is Cc1cc(OCC(=O)N/N=C/c2ccc([N+](=O)[O-])o2)ccc1Br. The Bertz CT molecular complexity index is 757. The number of hydrazone groups is 1. The molecule has 0 radical (unpaired) electrons. The first-order chi connectivity index (χ1) is 11.0. The summed E-state index contributed by atoms with van der Waals surface area (Å²) < 4.78 is 11.1. The number of nitro groups is 1. The molecule has 120 valence electrons. The molecule has 0 fully saturated rings. The normalized spacial score (nSPS) is 10.7. The van der Waals surface area contributed by atoms with Gasteiger partial charge in [0, 0.05) is 4.47 Å². The Morgan fingerprint density at radius 2 is 2.26 bits per heavy atom. The van der Waals surface area contributed by atoms with E-state index in [0.29, 0.717) is 5.75 Å². The number of ether oxygens (including phenoxy) is 1. The maximum Gasteiger partial charge on any atom is 0.433 e. The van der Waals surface area contributed by atoms with Crippen LogP contribution in [0.25, 0.3) is 0 Å². The van der Waals surface area contributed by atoms with Gasteiger partial charge in [0.15, 0.2) is 12.4 Å². The van der Waals surface area contributed by atoms with Crippen LogP contribution >= 0.6 is 15.9 Å². The number of hydrogen-bond donors (Lipinski definition) is 1. The zero-order valence-electron chi connectivity index (χ0n) is 12.0. The fourth-order valence-corrected chi connectivity index (χ4v) is 1.81. The maximum absolute atomic E-state index is 11.6. The quantitative estimate of drug-likeness (QED) is 0.470. The smallest absolute Gasteiger partial charge is 0.433 e. The number of aryl methyl sites for hydroxylation is 1. The van der Waals surface area contributed by atoms with Gasteiger partial charge in [-0.15, -0.1) is 0 Å². The third-order valence-corrected chi connectivity index (χ3v) is 3.56. The lowest BCUT2D eigenvalue weighted by Crippen LogP contribution is -2.24. The predicted octanol–water partition coefficient (Wildman–Crippen LogP) is 2.79. The van der Waals surface area contributed by atoms with Crippen molar-refractivity contribution < 1.29 is 18.9 Å². The molecule has 23 heavy (non-hydrogen) atoms. The van der Waals surface area contributed by atoms with E-state index in [1.165, 1.54) is 12.1 Å². The van der Waals surface area contributed by atoms with Crippen LogP contribution < -0.4 is 10.2 Å². The number of furan rings is 1. The monoisotopic (exact) mass is 381 g/mol. The second-order valence-corrected chi connectivity index (χ2v) is 5.28. The van der Waals surface area contributed by atoms with Crippen LogP contribution in [0.3, 0.4) is 0 Å². The first kappa shape index (κ1) is 16.7. The zero-order valence-corrected chi connectivity index (χ0v) is 13.6. The molecule has 0 atom stereocenters. The minimum absolute atomic E-state index is 0.154. The van der Waals surface area contributed by atoms with Gasteiger partial charge in [0.1, 0.15) is 10.7 Å². The Kier molecular flexibility index (Phi) is 5.47. The number of hydrogen-bond acceptors (Lipinski definition) is 6. The molecular formula is C14H12BrN3O5. The number of benzene rings is 1. The lowest BCUT2D eigenvalue weighted by molar-refractivity contribution is -0.402. The van der Waals surface area contributed by atoms with Crippen molar-refractivity contribution in [2.24, 2.45) is 5.10 Å². The molecule has 0 saturated carbocycles. The molecule has 1 aromatic heterocycles. The highest BCUT2D eigenvalue weighted by Gasteiger charge is 2.10. The summed E-state index contributed by atoms with van der Waals surface area (Å²) in [7, 11) is 0. The van der Waals surface area contributed by atoms with Crippen LogP contribution in [0.15, 0.2) is 44.3 Å². The summed E-state index contributed by atoms with van der Waals surface area (Å²) in [6.45, 7) is 1.70.